The molecule has 122 valence electrons. The number of fused-ring (bicyclic) bond motifs is 1. The van der Waals surface area contributed by atoms with Crippen LogP contribution in [0.15, 0.2) is 67.0 Å². The van der Waals surface area contributed by atoms with Crippen LogP contribution in [-0.2, 0) is 0 Å². The zero-order chi connectivity index (χ0) is 17.2. The molecule has 5 nitrogen and oxygen atoms in total. The lowest BCUT2D eigenvalue weighted by atomic mass is 10.1. The van der Waals surface area contributed by atoms with Crippen molar-refractivity contribution < 1.29 is 4.79 Å². The molecule has 0 atom stereocenters. The number of hydrogen-bond acceptors (Lipinski definition) is 3. The normalized spacial score (nSPS) is 10.8. The molecule has 2 aromatic heterocycles. The number of amides is 1. The summed E-state index contributed by atoms with van der Waals surface area (Å²) >= 11 is 0. The van der Waals surface area contributed by atoms with Crippen LogP contribution in [-0.4, -0.2) is 20.9 Å². The summed E-state index contributed by atoms with van der Waals surface area (Å²) in [6.45, 7) is 2.04. The van der Waals surface area contributed by atoms with Gasteiger partial charge in [0.25, 0.3) is 5.91 Å². The van der Waals surface area contributed by atoms with Gasteiger partial charge in [-0.1, -0.05) is 29.8 Å². The Morgan fingerprint density at radius 2 is 1.84 bits per heavy atom. The topological polar surface area (TPSA) is 70.7 Å². The van der Waals surface area contributed by atoms with Gasteiger partial charge in [-0.2, -0.15) is 0 Å². The first-order valence-corrected chi connectivity index (χ1v) is 7.98. The molecule has 0 fully saturated rings. The number of benzene rings is 2. The predicted octanol–water partition coefficient (Wildman–Crippen LogP) is 4.19. The second kappa shape index (κ2) is 6.20. The molecule has 0 aliphatic heterocycles. The van der Waals surface area contributed by atoms with Crippen LogP contribution in [0.1, 0.15) is 15.9 Å². The Labute approximate surface area is 144 Å². The Kier molecular flexibility index (Phi) is 3.74. The van der Waals surface area contributed by atoms with Crippen molar-refractivity contribution in [2.45, 2.75) is 6.92 Å². The molecule has 0 unspecified atom stereocenters. The summed E-state index contributed by atoms with van der Waals surface area (Å²) in [6.07, 6.45) is 3.28. The van der Waals surface area contributed by atoms with E-state index in [1.165, 1.54) is 0 Å². The first-order chi connectivity index (χ1) is 12.2. The standard InChI is InChI=1S/C20H16N4O/c1-13-4-2-5-14(12-13)19-23-17-7-3-6-16(18(17)24-19)20(25)22-15-8-10-21-11-9-15/h2-12H,1H3,(H,23,24)(H,21,22,25). The number of rotatable bonds is 3. The van der Waals surface area contributed by atoms with E-state index in [0.29, 0.717) is 16.8 Å². The molecule has 4 rings (SSSR count). The van der Waals surface area contributed by atoms with E-state index in [0.717, 1.165) is 22.5 Å². The van der Waals surface area contributed by atoms with E-state index < -0.39 is 0 Å². The lowest BCUT2D eigenvalue weighted by molar-refractivity contribution is 0.102. The summed E-state index contributed by atoms with van der Waals surface area (Å²) in [7, 11) is 0. The molecule has 0 radical (unpaired) electrons. The van der Waals surface area contributed by atoms with Crippen LogP contribution < -0.4 is 5.32 Å². The van der Waals surface area contributed by atoms with Gasteiger partial charge in [0, 0.05) is 23.6 Å². The highest BCUT2D eigenvalue weighted by Gasteiger charge is 2.14. The Hall–Kier alpha value is -3.47. The number of carbonyl (C=O) groups is 1. The molecular weight excluding hydrogens is 312 g/mol. The summed E-state index contributed by atoms with van der Waals surface area (Å²) in [6, 6.07) is 17.2. The summed E-state index contributed by atoms with van der Waals surface area (Å²) in [5.74, 6) is 0.557. The molecule has 5 heteroatoms. The van der Waals surface area contributed by atoms with E-state index >= 15 is 0 Å². The average molecular weight is 328 g/mol. The third kappa shape index (κ3) is 2.99. The minimum absolute atomic E-state index is 0.195. The van der Waals surface area contributed by atoms with E-state index in [2.05, 4.69) is 26.3 Å². The number of carbonyl (C=O) groups excluding carboxylic acids is 1. The number of aromatic amines is 1. The molecule has 0 aliphatic carbocycles. The van der Waals surface area contributed by atoms with Crippen LogP contribution >= 0.6 is 0 Å². The largest absolute Gasteiger partial charge is 0.338 e. The van der Waals surface area contributed by atoms with E-state index in [-0.39, 0.29) is 5.91 Å². The third-order valence-corrected chi connectivity index (χ3v) is 3.99. The van der Waals surface area contributed by atoms with Gasteiger partial charge in [0.05, 0.1) is 11.1 Å². The molecule has 2 aromatic carbocycles. The van der Waals surface area contributed by atoms with Gasteiger partial charge in [0.1, 0.15) is 11.3 Å². The molecule has 25 heavy (non-hydrogen) atoms. The maximum Gasteiger partial charge on any atom is 0.257 e. The smallest absolute Gasteiger partial charge is 0.257 e. The second-order valence-corrected chi connectivity index (χ2v) is 5.85. The van der Waals surface area contributed by atoms with Crippen LogP contribution in [0.25, 0.3) is 22.4 Å². The first-order valence-electron chi connectivity index (χ1n) is 7.98. The highest BCUT2D eigenvalue weighted by Crippen LogP contribution is 2.24. The SMILES string of the molecule is Cc1cccc(-c2nc3c(C(=O)Nc4ccncc4)cccc3[nH]2)c1. The van der Waals surface area contributed by atoms with Crippen LogP contribution in [0, 0.1) is 6.92 Å². The van der Waals surface area contributed by atoms with E-state index in [1.54, 1.807) is 30.6 Å². The van der Waals surface area contributed by atoms with E-state index in [1.807, 2.05) is 37.3 Å². The van der Waals surface area contributed by atoms with Gasteiger partial charge in [-0.05, 0) is 37.3 Å². The number of nitrogens with one attached hydrogen (secondary N) is 2. The first kappa shape index (κ1) is 15.1. The fourth-order valence-corrected chi connectivity index (χ4v) is 2.78. The predicted molar refractivity (Wildman–Crippen MR) is 98.5 cm³/mol. The maximum atomic E-state index is 12.6. The molecule has 4 aromatic rings. The van der Waals surface area contributed by atoms with Gasteiger partial charge >= 0.3 is 0 Å². The van der Waals surface area contributed by atoms with Crippen molar-refractivity contribution in [3.05, 3.63) is 78.1 Å². The molecule has 0 bridgehead atoms. The lowest BCUT2D eigenvalue weighted by Crippen LogP contribution is -2.12. The molecule has 0 saturated carbocycles. The molecule has 2 N–H and O–H groups in total. The van der Waals surface area contributed by atoms with Crippen molar-refractivity contribution in [1.29, 1.82) is 0 Å². The minimum Gasteiger partial charge on any atom is -0.338 e. The fourth-order valence-electron chi connectivity index (χ4n) is 2.78. The van der Waals surface area contributed by atoms with Gasteiger partial charge in [-0.25, -0.2) is 4.98 Å². The highest BCUT2D eigenvalue weighted by molar-refractivity contribution is 6.11. The summed E-state index contributed by atoms with van der Waals surface area (Å²) in [5, 5.41) is 2.88. The van der Waals surface area contributed by atoms with Crippen molar-refractivity contribution in [2.75, 3.05) is 5.32 Å². The average Bonchev–Trinajstić information content (AvgIpc) is 3.07. The number of H-pyrrole nitrogens is 1. The Morgan fingerprint density at radius 1 is 1.04 bits per heavy atom. The number of para-hydroxylation sites is 1. The number of hydrogen-bond donors (Lipinski definition) is 2. The van der Waals surface area contributed by atoms with Crippen LogP contribution in [0.3, 0.4) is 0 Å². The number of aromatic nitrogens is 3. The van der Waals surface area contributed by atoms with Crippen molar-refractivity contribution in [2.24, 2.45) is 0 Å². The Morgan fingerprint density at radius 3 is 2.64 bits per heavy atom. The maximum absolute atomic E-state index is 12.6. The monoisotopic (exact) mass is 328 g/mol. The van der Waals surface area contributed by atoms with Crippen molar-refractivity contribution in [3.63, 3.8) is 0 Å². The lowest BCUT2D eigenvalue weighted by Gasteiger charge is -2.05. The van der Waals surface area contributed by atoms with Crippen LogP contribution in [0.2, 0.25) is 0 Å². The number of nitrogens with zero attached hydrogens (tertiary/aromatic N) is 2. The van der Waals surface area contributed by atoms with Crippen LogP contribution in [0.5, 0.6) is 0 Å². The zero-order valence-electron chi connectivity index (χ0n) is 13.7. The summed E-state index contributed by atoms with van der Waals surface area (Å²) < 4.78 is 0. The van der Waals surface area contributed by atoms with Crippen molar-refractivity contribution in [1.82, 2.24) is 15.0 Å². The van der Waals surface area contributed by atoms with Gasteiger partial charge in [0.15, 0.2) is 0 Å². The fraction of sp³-hybridized carbons (Fsp3) is 0.0500. The molecule has 0 spiro atoms. The third-order valence-electron chi connectivity index (χ3n) is 3.99. The van der Waals surface area contributed by atoms with Crippen LogP contribution in [0.4, 0.5) is 5.69 Å². The number of pyridine rings is 1. The molecule has 0 aliphatic rings. The highest BCUT2D eigenvalue weighted by atomic mass is 16.1. The summed E-state index contributed by atoms with van der Waals surface area (Å²) in [5.41, 5.74) is 4.88. The second-order valence-electron chi connectivity index (χ2n) is 5.85. The number of aryl methyl sites for hydroxylation is 1. The number of anilines is 1. The quantitative estimate of drug-likeness (QED) is 0.592. The van der Waals surface area contributed by atoms with E-state index in [4.69, 9.17) is 0 Å². The van der Waals surface area contributed by atoms with E-state index in [9.17, 15) is 4.79 Å². The van der Waals surface area contributed by atoms with Crippen molar-refractivity contribution in [3.8, 4) is 11.4 Å². The zero-order valence-corrected chi connectivity index (χ0v) is 13.7. The molecule has 0 saturated heterocycles. The van der Waals surface area contributed by atoms with Crippen molar-refractivity contribution >= 4 is 22.6 Å². The summed E-state index contributed by atoms with van der Waals surface area (Å²) in [4.78, 5) is 24.5. The Balaban J connectivity index is 1.74. The molecular formula is C20H16N4O. The molecule has 2 heterocycles. The minimum atomic E-state index is -0.195. The van der Waals surface area contributed by atoms with Gasteiger partial charge in [-0.15, -0.1) is 0 Å². The number of imidazole rings is 1. The van der Waals surface area contributed by atoms with Gasteiger partial charge < -0.3 is 10.3 Å². The Bertz CT molecular complexity index is 1050. The van der Waals surface area contributed by atoms with Gasteiger partial charge in [-0.3, -0.25) is 9.78 Å². The molecule has 1 amide bonds. The van der Waals surface area contributed by atoms with Gasteiger partial charge in [0.2, 0.25) is 0 Å².